The van der Waals surface area contributed by atoms with Gasteiger partial charge in [0.25, 0.3) is 11.8 Å². The molecule has 1 aliphatic heterocycles. The predicted octanol–water partition coefficient (Wildman–Crippen LogP) is 1.49. The molecule has 4 heteroatoms. The summed E-state index contributed by atoms with van der Waals surface area (Å²) in [4.78, 5) is 36.0. The SMILES string of the molecule is CC(=O)CN1C(=O)c2cc(C)c(C)cc2C1=O. The number of rotatable bonds is 2. The van der Waals surface area contributed by atoms with E-state index >= 15 is 0 Å². The molecule has 0 N–H and O–H groups in total. The first-order valence-corrected chi connectivity index (χ1v) is 5.38. The lowest BCUT2D eigenvalue weighted by molar-refractivity contribution is -0.117. The van der Waals surface area contributed by atoms with Crippen LogP contribution in [0.1, 0.15) is 38.8 Å². The number of carbonyl (C=O) groups is 3. The van der Waals surface area contributed by atoms with Crippen LogP contribution < -0.4 is 0 Å². The molecule has 0 radical (unpaired) electrons. The van der Waals surface area contributed by atoms with E-state index < -0.39 is 0 Å². The van der Waals surface area contributed by atoms with Gasteiger partial charge in [0.2, 0.25) is 0 Å². The molecule has 0 aliphatic carbocycles. The molecule has 0 saturated carbocycles. The molecule has 1 aliphatic rings. The molecule has 0 saturated heterocycles. The Kier molecular flexibility index (Phi) is 2.58. The number of aryl methyl sites for hydroxylation is 2. The monoisotopic (exact) mass is 231 g/mol. The van der Waals surface area contributed by atoms with Crippen molar-refractivity contribution in [2.45, 2.75) is 20.8 Å². The van der Waals surface area contributed by atoms with E-state index in [1.165, 1.54) is 6.92 Å². The Labute approximate surface area is 99.2 Å². The molecule has 0 spiro atoms. The summed E-state index contributed by atoms with van der Waals surface area (Å²) < 4.78 is 0. The van der Waals surface area contributed by atoms with Gasteiger partial charge < -0.3 is 0 Å². The summed E-state index contributed by atoms with van der Waals surface area (Å²) in [6.45, 7) is 4.99. The topological polar surface area (TPSA) is 54.5 Å². The first kappa shape index (κ1) is 11.5. The van der Waals surface area contributed by atoms with Crippen LogP contribution in [0, 0.1) is 13.8 Å². The lowest BCUT2D eigenvalue weighted by Crippen LogP contribution is -2.33. The number of fused-ring (bicyclic) bond motifs is 1. The molecule has 17 heavy (non-hydrogen) atoms. The highest BCUT2D eigenvalue weighted by molar-refractivity contribution is 6.22. The summed E-state index contributed by atoms with van der Waals surface area (Å²) in [5.74, 6) is -0.945. The highest BCUT2D eigenvalue weighted by Crippen LogP contribution is 2.25. The Morgan fingerprint density at radius 2 is 1.47 bits per heavy atom. The Bertz CT molecular complexity index is 505. The second kappa shape index (κ2) is 3.80. The molecular weight excluding hydrogens is 218 g/mol. The highest BCUT2D eigenvalue weighted by atomic mass is 16.2. The fourth-order valence-electron chi connectivity index (χ4n) is 1.92. The van der Waals surface area contributed by atoms with Crippen molar-refractivity contribution in [1.29, 1.82) is 0 Å². The molecule has 2 rings (SSSR count). The van der Waals surface area contributed by atoms with Gasteiger partial charge in [-0.1, -0.05) is 0 Å². The number of Topliss-reactive ketones (excluding diaryl/α,β-unsaturated/α-hetero) is 1. The van der Waals surface area contributed by atoms with Gasteiger partial charge in [0.15, 0.2) is 0 Å². The van der Waals surface area contributed by atoms with Gasteiger partial charge in [0.1, 0.15) is 5.78 Å². The minimum absolute atomic E-state index is 0.148. The average molecular weight is 231 g/mol. The van der Waals surface area contributed by atoms with Gasteiger partial charge in [-0.15, -0.1) is 0 Å². The van der Waals surface area contributed by atoms with E-state index in [-0.39, 0.29) is 24.1 Å². The third-order valence-electron chi connectivity index (χ3n) is 2.97. The number of ketones is 1. The summed E-state index contributed by atoms with van der Waals surface area (Å²) in [7, 11) is 0. The second-order valence-electron chi connectivity index (χ2n) is 4.38. The van der Waals surface area contributed by atoms with Gasteiger partial charge in [-0.2, -0.15) is 0 Å². The van der Waals surface area contributed by atoms with Crippen molar-refractivity contribution in [3.8, 4) is 0 Å². The molecule has 0 aromatic heterocycles. The number of benzene rings is 1. The first-order valence-electron chi connectivity index (χ1n) is 5.38. The summed E-state index contributed by atoms with van der Waals surface area (Å²) in [6.07, 6.45) is 0. The van der Waals surface area contributed by atoms with Crippen LogP contribution in [-0.4, -0.2) is 29.0 Å². The summed E-state index contributed by atoms with van der Waals surface area (Å²) in [5.41, 5.74) is 2.74. The van der Waals surface area contributed by atoms with Crippen molar-refractivity contribution in [3.63, 3.8) is 0 Å². The van der Waals surface area contributed by atoms with Gasteiger partial charge >= 0.3 is 0 Å². The zero-order valence-electron chi connectivity index (χ0n) is 10.0. The Hall–Kier alpha value is -1.97. The van der Waals surface area contributed by atoms with Crippen molar-refractivity contribution in [2.75, 3.05) is 6.54 Å². The van der Waals surface area contributed by atoms with Crippen LogP contribution in [-0.2, 0) is 4.79 Å². The maximum atomic E-state index is 12.0. The van der Waals surface area contributed by atoms with Crippen molar-refractivity contribution < 1.29 is 14.4 Å². The van der Waals surface area contributed by atoms with Crippen LogP contribution in [0.15, 0.2) is 12.1 Å². The van der Waals surface area contributed by atoms with Crippen molar-refractivity contribution >= 4 is 17.6 Å². The van der Waals surface area contributed by atoms with E-state index in [1.807, 2.05) is 13.8 Å². The van der Waals surface area contributed by atoms with E-state index in [0.29, 0.717) is 11.1 Å². The van der Waals surface area contributed by atoms with Crippen LogP contribution in [0.4, 0.5) is 0 Å². The number of hydrogen-bond donors (Lipinski definition) is 0. The fraction of sp³-hybridized carbons (Fsp3) is 0.308. The average Bonchev–Trinajstić information content (AvgIpc) is 2.45. The molecule has 88 valence electrons. The third-order valence-corrected chi connectivity index (χ3v) is 2.97. The molecule has 1 heterocycles. The fourth-order valence-corrected chi connectivity index (χ4v) is 1.92. The molecule has 0 bridgehead atoms. The number of carbonyl (C=O) groups excluding carboxylic acids is 3. The van der Waals surface area contributed by atoms with Gasteiger partial charge in [-0.25, -0.2) is 0 Å². The van der Waals surface area contributed by atoms with Gasteiger partial charge in [-0.3, -0.25) is 19.3 Å². The summed E-state index contributed by atoms with van der Waals surface area (Å²) >= 11 is 0. The van der Waals surface area contributed by atoms with Crippen LogP contribution in [0.2, 0.25) is 0 Å². The molecule has 4 nitrogen and oxygen atoms in total. The molecular formula is C13H13NO3. The smallest absolute Gasteiger partial charge is 0.261 e. The standard InChI is InChI=1S/C13H13NO3/c1-7-4-10-11(5-8(7)2)13(17)14(12(10)16)6-9(3)15/h4-5H,6H2,1-3H3. The van der Waals surface area contributed by atoms with E-state index in [2.05, 4.69) is 0 Å². The summed E-state index contributed by atoms with van der Waals surface area (Å²) in [5, 5.41) is 0. The quantitative estimate of drug-likeness (QED) is 0.724. The van der Waals surface area contributed by atoms with Crippen LogP contribution >= 0.6 is 0 Å². The molecule has 1 aromatic carbocycles. The number of imide groups is 1. The minimum Gasteiger partial charge on any atom is -0.298 e. The van der Waals surface area contributed by atoms with Crippen LogP contribution in [0.25, 0.3) is 0 Å². The second-order valence-corrected chi connectivity index (χ2v) is 4.38. The Morgan fingerprint density at radius 1 is 1.06 bits per heavy atom. The minimum atomic E-state index is -0.372. The highest BCUT2D eigenvalue weighted by Gasteiger charge is 2.36. The molecule has 0 unspecified atom stereocenters. The number of hydrogen-bond acceptors (Lipinski definition) is 3. The molecule has 1 aromatic rings. The van der Waals surface area contributed by atoms with Gasteiger partial charge in [0, 0.05) is 0 Å². The lowest BCUT2D eigenvalue weighted by Gasteiger charge is -2.10. The van der Waals surface area contributed by atoms with E-state index in [1.54, 1.807) is 12.1 Å². The largest absolute Gasteiger partial charge is 0.298 e. The Balaban J connectivity index is 2.49. The van der Waals surface area contributed by atoms with Crippen molar-refractivity contribution in [3.05, 3.63) is 34.4 Å². The zero-order valence-corrected chi connectivity index (χ0v) is 10.0. The normalized spacial score (nSPS) is 14.2. The predicted molar refractivity (Wildman–Crippen MR) is 62.0 cm³/mol. The molecule has 0 fully saturated rings. The summed E-state index contributed by atoms with van der Waals surface area (Å²) in [6, 6.07) is 3.43. The maximum Gasteiger partial charge on any atom is 0.261 e. The van der Waals surface area contributed by atoms with Crippen LogP contribution in [0.3, 0.4) is 0 Å². The van der Waals surface area contributed by atoms with Crippen molar-refractivity contribution in [2.24, 2.45) is 0 Å². The van der Waals surface area contributed by atoms with E-state index in [4.69, 9.17) is 0 Å². The zero-order chi connectivity index (χ0) is 12.7. The number of amides is 2. The van der Waals surface area contributed by atoms with Crippen molar-refractivity contribution in [1.82, 2.24) is 4.90 Å². The van der Waals surface area contributed by atoms with Gasteiger partial charge in [0.05, 0.1) is 17.7 Å². The van der Waals surface area contributed by atoms with Gasteiger partial charge in [-0.05, 0) is 44.0 Å². The van der Waals surface area contributed by atoms with Crippen LogP contribution in [0.5, 0.6) is 0 Å². The lowest BCUT2D eigenvalue weighted by atomic mass is 10.0. The third kappa shape index (κ3) is 1.75. The maximum absolute atomic E-state index is 12.0. The number of nitrogens with zero attached hydrogens (tertiary/aromatic N) is 1. The molecule has 2 amide bonds. The van der Waals surface area contributed by atoms with E-state index in [0.717, 1.165) is 16.0 Å². The Morgan fingerprint density at radius 3 is 1.82 bits per heavy atom. The first-order chi connectivity index (χ1) is 7.91. The van der Waals surface area contributed by atoms with E-state index in [9.17, 15) is 14.4 Å². The molecule has 0 atom stereocenters.